The Morgan fingerprint density at radius 3 is 2.69 bits per heavy atom. The predicted octanol–water partition coefficient (Wildman–Crippen LogP) is 4.91. The van der Waals surface area contributed by atoms with Crippen LogP contribution in [0.15, 0.2) is 36.7 Å². The summed E-state index contributed by atoms with van der Waals surface area (Å²) in [5, 5.41) is 1.70. The molecule has 0 spiro atoms. The zero-order valence-corrected chi connectivity index (χ0v) is 15.7. The van der Waals surface area contributed by atoms with Crippen LogP contribution in [0.1, 0.15) is 23.2 Å². The molecule has 2 aromatic heterocycles. The number of carbonyl (C=O) groups is 1. The van der Waals surface area contributed by atoms with Crippen molar-refractivity contribution in [2.45, 2.75) is 12.8 Å². The van der Waals surface area contributed by atoms with Crippen LogP contribution in [-0.4, -0.2) is 33.4 Å². The van der Waals surface area contributed by atoms with E-state index in [-0.39, 0.29) is 5.91 Å². The van der Waals surface area contributed by atoms with Crippen molar-refractivity contribution < 1.29 is 9.53 Å². The number of carbonyl (C=O) groups excluding carboxylic acids is 1. The third kappa shape index (κ3) is 3.02. The van der Waals surface area contributed by atoms with Crippen LogP contribution in [0.3, 0.4) is 0 Å². The van der Waals surface area contributed by atoms with Crippen LogP contribution in [0.4, 0.5) is 0 Å². The molecule has 0 aliphatic carbocycles. The summed E-state index contributed by atoms with van der Waals surface area (Å²) in [6.07, 6.45) is 5.57. The van der Waals surface area contributed by atoms with E-state index in [9.17, 15) is 4.79 Å². The van der Waals surface area contributed by atoms with Crippen molar-refractivity contribution in [3.8, 4) is 11.6 Å². The van der Waals surface area contributed by atoms with Gasteiger partial charge >= 0.3 is 0 Å². The van der Waals surface area contributed by atoms with E-state index in [4.69, 9.17) is 27.9 Å². The van der Waals surface area contributed by atoms with Crippen molar-refractivity contribution in [2.75, 3.05) is 13.1 Å². The van der Waals surface area contributed by atoms with Crippen molar-refractivity contribution in [1.29, 1.82) is 0 Å². The average molecular weight is 390 g/mol. The molecule has 3 heterocycles. The Morgan fingerprint density at radius 1 is 1.19 bits per heavy atom. The molecular weight excluding hydrogens is 373 g/mol. The number of aryl methyl sites for hydroxylation is 1. The van der Waals surface area contributed by atoms with E-state index in [2.05, 4.69) is 4.98 Å². The quantitative estimate of drug-likeness (QED) is 0.639. The molecule has 4 rings (SSSR count). The molecule has 0 radical (unpaired) electrons. The molecule has 1 saturated heterocycles. The van der Waals surface area contributed by atoms with Crippen LogP contribution in [-0.2, 0) is 7.05 Å². The summed E-state index contributed by atoms with van der Waals surface area (Å²) in [5.41, 5.74) is 1.39. The fraction of sp³-hybridized carbons (Fsp3) is 0.263. The second-order valence-corrected chi connectivity index (χ2v) is 7.19. The lowest BCUT2D eigenvalue weighted by Gasteiger charge is -2.17. The molecule has 0 bridgehead atoms. The molecule has 1 fully saturated rings. The first-order valence-corrected chi connectivity index (χ1v) is 9.16. The standard InChI is InChI=1S/C19H17Cl2N3O2/c1-23-9-6-13-17(23)14(19(25)24-7-2-3-8-24)11-22-18(13)26-16-5-4-12(20)10-15(16)21/h4-6,9-11H,2-3,7-8H2,1H3. The molecular formula is C19H17Cl2N3O2. The van der Waals surface area contributed by atoms with Crippen LogP contribution in [0.5, 0.6) is 11.6 Å². The number of nitrogens with zero attached hydrogens (tertiary/aromatic N) is 3. The Balaban J connectivity index is 1.76. The van der Waals surface area contributed by atoms with Gasteiger partial charge in [0, 0.05) is 37.6 Å². The van der Waals surface area contributed by atoms with Gasteiger partial charge in [-0.3, -0.25) is 4.79 Å². The molecule has 5 nitrogen and oxygen atoms in total. The zero-order chi connectivity index (χ0) is 18.3. The Morgan fingerprint density at radius 2 is 1.96 bits per heavy atom. The van der Waals surface area contributed by atoms with Crippen LogP contribution >= 0.6 is 23.2 Å². The molecule has 1 aliphatic heterocycles. The minimum Gasteiger partial charge on any atom is -0.437 e. The maximum Gasteiger partial charge on any atom is 0.257 e. The van der Waals surface area contributed by atoms with E-state index >= 15 is 0 Å². The highest BCUT2D eigenvalue weighted by atomic mass is 35.5. The number of rotatable bonds is 3. The summed E-state index contributed by atoms with van der Waals surface area (Å²) < 4.78 is 7.82. The highest BCUT2D eigenvalue weighted by molar-refractivity contribution is 6.35. The molecule has 3 aromatic rings. The Kier molecular flexibility index (Phi) is 4.51. The van der Waals surface area contributed by atoms with Crippen LogP contribution in [0, 0.1) is 0 Å². The summed E-state index contributed by atoms with van der Waals surface area (Å²) in [4.78, 5) is 19.1. The molecule has 1 aromatic carbocycles. The fourth-order valence-corrected chi connectivity index (χ4v) is 3.73. The Labute approximate surface area is 161 Å². The second-order valence-electron chi connectivity index (χ2n) is 6.34. The number of fused-ring (bicyclic) bond motifs is 1. The third-order valence-electron chi connectivity index (χ3n) is 4.59. The second kappa shape index (κ2) is 6.82. The lowest BCUT2D eigenvalue weighted by molar-refractivity contribution is 0.0794. The molecule has 134 valence electrons. The number of likely N-dealkylation sites (tertiary alicyclic amines) is 1. The van der Waals surface area contributed by atoms with Gasteiger partial charge in [-0.2, -0.15) is 0 Å². The minimum atomic E-state index is 0.0119. The van der Waals surface area contributed by atoms with Crippen molar-refractivity contribution in [3.63, 3.8) is 0 Å². The van der Waals surface area contributed by atoms with Crippen molar-refractivity contribution in [3.05, 3.63) is 52.3 Å². The van der Waals surface area contributed by atoms with Gasteiger partial charge in [0.2, 0.25) is 5.88 Å². The minimum absolute atomic E-state index is 0.0119. The van der Waals surface area contributed by atoms with Gasteiger partial charge in [-0.05, 0) is 37.1 Å². The monoisotopic (exact) mass is 389 g/mol. The molecule has 1 aliphatic rings. The summed E-state index contributed by atoms with van der Waals surface area (Å²) >= 11 is 12.1. The van der Waals surface area contributed by atoms with Crippen LogP contribution < -0.4 is 4.74 Å². The predicted molar refractivity (Wildman–Crippen MR) is 102 cm³/mol. The third-order valence-corrected chi connectivity index (χ3v) is 5.12. The summed E-state index contributed by atoms with van der Waals surface area (Å²) in [7, 11) is 1.90. The zero-order valence-electron chi connectivity index (χ0n) is 14.2. The van der Waals surface area contributed by atoms with E-state index in [0.29, 0.717) is 27.2 Å². The van der Waals surface area contributed by atoms with Gasteiger partial charge < -0.3 is 14.2 Å². The van der Waals surface area contributed by atoms with E-state index in [1.54, 1.807) is 24.4 Å². The van der Waals surface area contributed by atoms with Crippen molar-refractivity contribution in [1.82, 2.24) is 14.5 Å². The Bertz CT molecular complexity index is 994. The van der Waals surface area contributed by atoms with Crippen LogP contribution in [0.2, 0.25) is 10.0 Å². The molecule has 0 N–H and O–H groups in total. The number of amides is 1. The fourth-order valence-electron chi connectivity index (χ4n) is 3.28. The highest BCUT2D eigenvalue weighted by Crippen LogP contribution is 2.35. The molecule has 26 heavy (non-hydrogen) atoms. The SMILES string of the molecule is Cn1ccc2c(Oc3ccc(Cl)cc3Cl)ncc(C(=O)N3CCCC3)c21. The number of pyridine rings is 1. The topological polar surface area (TPSA) is 47.4 Å². The first-order valence-electron chi connectivity index (χ1n) is 8.41. The van der Waals surface area contributed by atoms with Gasteiger partial charge in [0.25, 0.3) is 5.91 Å². The smallest absolute Gasteiger partial charge is 0.257 e. The number of halogens is 2. The maximum atomic E-state index is 12.9. The first-order chi connectivity index (χ1) is 12.5. The summed E-state index contributed by atoms with van der Waals surface area (Å²) in [6, 6.07) is 6.91. The number of hydrogen-bond donors (Lipinski definition) is 0. The van der Waals surface area contributed by atoms with Gasteiger partial charge in [0.1, 0.15) is 5.75 Å². The summed E-state index contributed by atoms with van der Waals surface area (Å²) in [6.45, 7) is 1.59. The van der Waals surface area contributed by atoms with Gasteiger partial charge in [0.15, 0.2) is 0 Å². The van der Waals surface area contributed by atoms with Crippen molar-refractivity contribution in [2.24, 2.45) is 7.05 Å². The average Bonchev–Trinajstić information content (AvgIpc) is 3.28. The van der Waals surface area contributed by atoms with Gasteiger partial charge in [-0.25, -0.2) is 4.98 Å². The molecule has 7 heteroatoms. The number of benzene rings is 1. The highest BCUT2D eigenvalue weighted by Gasteiger charge is 2.24. The van der Waals surface area contributed by atoms with E-state index in [1.165, 1.54) is 0 Å². The molecule has 1 amide bonds. The van der Waals surface area contributed by atoms with Crippen molar-refractivity contribution >= 4 is 40.0 Å². The summed E-state index contributed by atoms with van der Waals surface area (Å²) in [5.74, 6) is 0.882. The number of ether oxygens (including phenoxy) is 1. The molecule has 0 unspecified atom stereocenters. The van der Waals surface area contributed by atoms with Gasteiger partial charge in [-0.1, -0.05) is 23.2 Å². The molecule has 0 saturated carbocycles. The number of hydrogen-bond acceptors (Lipinski definition) is 3. The van der Waals surface area contributed by atoms with Crippen LogP contribution in [0.25, 0.3) is 10.9 Å². The normalized spacial score (nSPS) is 14.2. The number of aromatic nitrogens is 2. The van der Waals surface area contributed by atoms with E-state index in [0.717, 1.165) is 36.8 Å². The van der Waals surface area contributed by atoms with Gasteiger partial charge in [-0.15, -0.1) is 0 Å². The first kappa shape index (κ1) is 17.2. The lowest BCUT2D eigenvalue weighted by atomic mass is 10.2. The van der Waals surface area contributed by atoms with E-state index < -0.39 is 0 Å². The van der Waals surface area contributed by atoms with Gasteiger partial charge in [0.05, 0.1) is 21.5 Å². The largest absolute Gasteiger partial charge is 0.437 e. The maximum absolute atomic E-state index is 12.9. The van der Waals surface area contributed by atoms with E-state index in [1.807, 2.05) is 28.8 Å². The lowest BCUT2D eigenvalue weighted by Crippen LogP contribution is -2.28. The molecule has 0 atom stereocenters. The Hall–Kier alpha value is -2.24.